The highest BCUT2D eigenvalue weighted by Crippen LogP contribution is 2.14. The molecule has 2 rings (SSSR count). The van der Waals surface area contributed by atoms with Crippen molar-refractivity contribution in [3.63, 3.8) is 0 Å². The van der Waals surface area contributed by atoms with Gasteiger partial charge in [0.2, 0.25) is 5.89 Å². The molecule has 1 atom stereocenters. The first kappa shape index (κ1) is 12.0. The third kappa shape index (κ3) is 2.99. The molecule has 0 spiro atoms. The largest absolute Gasteiger partial charge is 0.444 e. The average molecular weight is 237 g/mol. The number of rotatable bonds is 2. The smallest absolute Gasteiger partial charge is 0.318 e. The second-order valence-electron chi connectivity index (χ2n) is 4.53. The number of hydrogen-bond acceptors (Lipinski definition) is 3. The van der Waals surface area contributed by atoms with Crippen LogP contribution in [0.1, 0.15) is 43.9 Å². The lowest BCUT2D eigenvalue weighted by Gasteiger charge is -2.27. The van der Waals surface area contributed by atoms with Crippen LogP contribution >= 0.6 is 0 Å². The number of oxazole rings is 1. The first-order valence-electron chi connectivity index (χ1n) is 6.14. The van der Waals surface area contributed by atoms with Crippen LogP contribution in [0, 0.1) is 6.92 Å². The predicted octanol–water partition coefficient (Wildman–Crippen LogP) is 2.24. The van der Waals surface area contributed by atoms with E-state index in [1.54, 1.807) is 6.20 Å². The normalized spacial score (nSPS) is 17.9. The van der Waals surface area contributed by atoms with Gasteiger partial charge in [-0.3, -0.25) is 0 Å². The van der Waals surface area contributed by atoms with Crippen LogP contribution in [0.2, 0.25) is 0 Å². The standard InChI is InChI=1S/C12H19N3O2/c1-9-8-13-11(17-9)10(2)14-12(16)15-6-4-3-5-7-15/h8,10H,3-7H2,1-2H3,(H,14,16). The van der Waals surface area contributed by atoms with Gasteiger partial charge in [0.05, 0.1) is 6.20 Å². The van der Waals surface area contributed by atoms with Crippen molar-refractivity contribution >= 4 is 6.03 Å². The quantitative estimate of drug-likeness (QED) is 0.858. The molecule has 17 heavy (non-hydrogen) atoms. The average Bonchev–Trinajstić information content (AvgIpc) is 2.77. The van der Waals surface area contributed by atoms with Gasteiger partial charge in [-0.05, 0) is 33.1 Å². The fourth-order valence-corrected chi connectivity index (χ4v) is 2.01. The summed E-state index contributed by atoms with van der Waals surface area (Å²) in [5, 5.41) is 2.91. The van der Waals surface area contributed by atoms with Crippen LogP contribution in [0.15, 0.2) is 10.6 Å². The van der Waals surface area contributed by atoms with Crippen molar-refractivity contribution in [1.82, 2.24) is 15.2 Å². The second-order valence-corrected chi connectivity index (χ2v) is 4.53. The monoisotopic (exact) mass is 237 g/mol. The van der Waals surface area contributed by atoms with Crippen LogP contribution in [0.4, 0.5) is 4.79 Å². The van der Waals surface area contributed by atoms with Crippen LogP contribution in [-0.2, 0) is 0 Å². The Morgan fingerprint density at radius 1 is 1.47 bits per heavy atom. The molecule has 0 radical (unpaired) electrons. The van der Waals surface area contributed by atoms with E-state index in [-0.39, 0.29) is 12.1 Å². The van der Waals surface area contributed by atoms with E-state index in [9.17, 15) is 4.79 Å². The lowest BCUT2D eigenvalue weighted by molar-refractivity contribution is 0.181. The van der Waals surface area contributed by atoms with E-state index in [0.717, 1.165) is 31.7 Å². The molecule has 1 saturated heterocycles. The molecule has 1 fully saturated rings. The Morgan fingerprint density at radius 3 is 2.76 bits per heavy atom. The van der Waals surface area contributed by atoms with Crippen molar-refractivity contribution < 1.29 is 9.21 Å². The third-order valence-corrected chi connectivity index (χ3v) is 2.99. The van der Waals surface area contributed by atoms with E-state index in [0.29, 0.717) is 5.89 Å². The second kappa shape index (κ2) is 5.21. The molecule has 1 unspecified atom stereocenters. The summed E-state index contributed by atoms with van der Waals surface area (Å²) < 4.78 is 5.39. The van der Waals surface area contributed by atoms with Crippen LogP contribution in [0.3, 0.4) is 0 Å². The molecule has 2 heterocycles. The molecule has 1 aliphatic heterocycles. The highest BCUT2D eigenvalue weighted by molar-refractivity contribution is 5.74. The highest BCUT2D eigenvalue weighted by atomic mass is 16.4. The molecule has 5 nitrogen and oxygen atoms in total. The molecule has 1 aromatic heterocycles. The van der Waals surface area contributed by atoms with E-state index in [2.05, 4.69) is 10.3 Å². The molecule has 0 saturated carbocycles. The van der Waals surface area contributed by atoms with Gasteiger partial charge in [-0.2, -0.15) is 0 Å². The third-order valence-electron chi connectivity index (χ3n) is 2.99. The minimum Gasteiger partial charge on any atom is -0.444 e. The summed E-state index contributed by atoms with van der Waals surface area (Å²) in [6.07, 6.45) is 5.08. The molecule has 5 heteroatoms. The number of carbonyl (C=O) groups excluding carboxylic acids is 1. The van der Waals surface area contributed by atoms with Gasteiger partial charge in [0, 0.05) is 13.1 Å². The van der Waals surface area contributed by atoms with Gasteiger partial charge in [0.1, 0.15) is 11.8 Å². The number of nitrogens with one attached hydrogen (secondary N) is 1. The van der Waals surface area contributed by atoms with Gasteiger partial charge in [-0.25, -0.2) is 9.78 Å². The zero-order valence-electron chi connectivity index (χ0n) is 10.4. The van der Waals surface area contributed by atoms with Crippen molar-refractivity contribution in [3.8, 4) is 0 Å². The lowest BCUT2D eigenvalue weighted by Crippen LogP contribution is -2.43. The maximum absolute atomic E-state index is 11.9. The fraction of sp³-hybridized carbons (Fsp3) is 0.667. The highest BCUT2D eigenvalue weighted by Gasteiger charge is 2.20. The first-order valence-corrected chi connectivity index (χ1v) is 6.14. The molecule has 0 aliphatic carbocycles. The Morgan fingerprint density at radius 2 is 2.18 bits per heavy atom. The Hall–Kier alpha value is -1.52. The molecule has 0 aromatic carbocycles. The Kier molecular flexibility index (Phi) is 3.66. The maximum Gasteiger partial charge on any atom is 0.318 e. The number of aryl methyl sites for hydroxylation is 1. The molecule has 1 aromatic rings. The Bertz CT molecular complexity index is 383. The number of aromatic nitrogens is 1. The van der Waals surface area contributed by atoms with Crippen LogP contribution in [0.5, 0.6) is 0 Å². The van der Waals surface area contributed by atoms with Gasteiger partial charge >= 0.3 is 6.03 Å². The van der Waals surface area contributed by atoms with E-state index < -0.39 is 0 Å². The molecule has 94 valence electrons. The summed E-state index contributed by atoms with van der Waals surface area (Å²) in [5.74, 6) is 1.33. The van der Waals surface area contributed by atoms with Crippen molar-refractivity contribution in [2.45, 2.75) is 39.2 Å². The summed E-state index contributed by atoms with van der Waals surface area (Å²) in [7, 11) is 0. The molecular formula is C12H19N3O2. The van der Waals surface area contributed by atoms with Crippen molar-refractivity contribution in [2.75, 3.05) is 13.1 Å². The van der Waals surface area contributed by atoms with Crippen LogP contribution in [0.25, 0.3) is 0 Å². The van der Waals surface area contributed by atoms with Gasteiger partial charge in [0.25, 0.3) is 0 Å². The van der Waals surface area contributed by atoms with Gasteiger partial charge in [0.15, 0.2) is 0 Å². The summed E-state index contributed by atoms with van der Waals surface area (Å²) in [4.78, 5) is 17.9. The summed E-state index contributed by atoms with van der Waals surface area (Å²) in [6, 6.07) is -0.203. The van der Waals surface area contributed by atoms with Gasteiger partial charge < -0.3 is 14.6 Å². The minimum absolute atomic E-state index is 0.0203. The zero-order chi connectivity index (χ0) is 12.3. The molecule has 2 amide bonds. The summed E-state index contributed by atoms with van der Waals surface area (Å²) >= 11 is 0. The topological polar surface area (TPSA) is 58.4 Å². The molecule has 0 bridgehead atoms. The van der Waals surface area contributed by atoms with Crippen molar-refractivity contribution in [3.05, 3.63) is 17.8 Å². The summed E-state index contributed by atoms with van der Waals surface area (Å²) in [6.45, 7) is 5.43. The van der Waals surface area contributed by atoms with E-state index >= 15 is 0 Å². The van der Waals surface area contributed by atoms with Crippen molar-refractivity contribution in [2.24, 2.45) is 0 Å². The predicted molar refractivity (Wildman–Crippen MR) is 63.6 cm³/mol. The van der Waals surface area contributed by atoms with Gasteiger partial charge in [-0.1, -0.05) is 0 Å². The van der Waals surface area contributed by atoms with Gasteiger partial charge in [-0.15, -0.1) is 0 Å². The van der Waals surface area contributed by atoms with Crippen LogP contribution in [-0.4, -0.2) is 29.0 Å². The number of likely N-dealkylation sites (tertiary alicyclic amines) is 1. The SMILES string of the molecule is Cc1cnc(C(C)NC(=O)N2CCCCC2)o1. The number of urea groups is 1. The van der Waals surface area contributed by atoms with E-state index in [1.165, 1.54) is 6.42 Å². The minimum atomic E-state index is -0.182. The molecule has 1 aliphatic rings. The number of piperidine rings is 1. The first-order chi connectivity index (χ1) is 8.16. The van der Waals surface area contributed by atoms with Crippen molar-refractivity contribution in [1.29, 1.82) is 0 Å². The number of amides is 2. The fourth-order valence-electron chi connectivity index (χ4n) is 2.01. The van der Waals surface area contributed by atoms with E-state index in [1.807, 2.05) is 18.7 Å². The summed E-state index contributed by atoms with van der Waals surface area (Å²) in [5.41, 5.74) is 0. The van der Waals surface area contributed by atoms with E-state index in [4.69, 9.17) is 4.42 Å². The number of hydrogen-bond donors (Lipinski definition) is 1. The lowest BCUT2D eigenvalue weighted by atomic mass is 10.1. The van der Waals surface area contributed by atoms with Crippen LogP contribution < -0.4 is 5.32 Å². The Labute approximate surface area is 101 Å². The Balaban J connectivity index is 1.89. The zero-order valence-corrected chi connectivity index (χ0v) is 10.4. The molecular weight excluding hydrogens is 218 g/mol. The molecule has 1 N–H and O–H groups in total. The number of carbonyl (C=O) groups is 1. The maximum atomic E-state index is 11.9. The number of nitrogens with zero attached hydrogens (tertiary/aromatic N) is 2.